The van der Waals surface area contributed by atoms with Crippen LogP contribution in [0.5, 0.6) is 0 Å². The molecule has 2 aliphatic heterocycles. The summed E-state index contributed by atoms with van der Waals surface area (Å²) < 4.78 is 78.7. The van der Waals surface area contributed by atoms with Gasteiger partial charge in [-0.2, -0.15) is 13.2 Å². The minimum Gasteiger partial charge on any atom is -0.354 e. The number of carbonyl (C=O) groups is 2. The number of piperazine rings is 1. The van der Waals surface area contributed by atoms with Crippen LogP contribution in [0.25, 0.3) is 0 Å². The van der Waals surface area contributed by atoms with E-state index in [1.165, 1.54) is 17.4 Å². The Morgan fingerprint density at radius 2 is 1.59 bits per heavy atom. The quantitative estimate of drug-likeness (QED) is 0.318. The lowest BCUT2D eigenvalue weighted by Gasteiger charge is -2.35. The van der Waals surface area contributed by atoms with Crippen LogP contribution in [0.1, 0.15) is 50.5 Å². The zero-order chi connectivity index (χ0) is 32.1. The average molecular weight is 664 g/mol. The van der Waals surface area contributed by atoms with E-state index in [1.807, 2.05) is 33.5 Å². The number of amides is 2. The number of anilines is 2. The number of carbonyl (C=O) groups excluding carboxylic acids is 2. The van der Waals surface area contributed by atoms with Gasteiger partial charge in [-0.05, 0) is 55.7 Å². The summed E-state index contributed by atoms with van der Waals surface area (Å²) in [5.41, 5.74) is 0.767. The highest BCUT2D eigenvalue weighted by Gasteiger charge is 2.42. The number of hydrogen-bond acceptors (Lipinski definition) is 5. The van der Waals surface area contributed by atoms with Gasteiger partial charge < -0.3 is 15.1 Å². The van der Waals surface area contributed by atoms with Gasteiger partial charge in [0.15, 0.2) is 0 Å². The van der Waals surface area contributed by atoms with Gasteiger partial charge in [-0.3, -0.25) is 9.59 Å². The SMILES string of the molecule is CNC(=O)C(F)(F)F.O=C1CCCN1c1ccc(S(=O)N2CCN(c3cc(C(F)(F)C4CCCCC4)cc(Cl)n3)CC2)cc1. The van der Waals surface area contributed by atoms with Crippen molar-refractivity contribution in [2.24, 2.45) is 5.92 Å². The number of alkyl halides is 5. The molecule has 0 radical (unpaired) electrons. The molecule has 1 aliphatic carbocycles. The topological polar surface area (TPSA) is 85.8 Å². The monoisotopic (exact) mass is 663 g/mol. The van der Waals surface area contributed by atoms with Gasteiger partial charge in [0.2, 0.25) is 5.91 Å². The van der Waals surface area contributed by atoms with Crippen LogP contribution in [-0.4, -0.2) is 71.3 Å². The number of benzene rings is 1. The number of aromatic nitrogens is 1. The number of halogens is 6. The molecule has 2 saturated heterocycles. The van der Waals surface area contributed by atoms with Crippen molar-refractivity contribution >= 4 is 45.9 Å². The maximum absolute atomic E-state index is 15.3. The van der Waals surface area contributed by atoms with Crippen molar-refractivity contribution in [3.05, 3.63) is 47.1 Å². The Bertz CT molecular complexity index is 1330. The molecule has 3 aliphatic rings. The van der Waals surface area contributed by atoms with Crippen LogP contribution < -0.4 is 15.1 Å². The minimum absolute atomic E-state index is 0.0630. The molecule has 0 bridgehead atoms. The van der Waals surface area contributed by atoms with E-state index >= 15 is 8.78 Å². The first-order valence-corrected chi connectivity index (χ1v) is 16.0. The van der Waals surface area contributed by atoms with Gasteiger partial charge in [0, 0.05) is 63.4 Å². The predicted octanol–water partition coefficient (Wildman–Crippen LogP) is 5.67. The fourth-order valence-electron chi connectivity index (χ4n) is 5.58. The van der Waals surface area contributed by atoms with E-state index in [1.54, 1.807) is 4.90 Å². The Labute approximate surface area is 260 Å². The molecule has 8 nitrogen and oxygen atoms in total. The molecule has 1 N–H and O–H groups in total. The Morgan fingerprint density at radius 3 is 2.11 bits per heavy atom. The third-order valence-electron chi connectivity index (χ3n) is 7.99. The first-order valence-electron chi connectivity index (χ1n) is 14.5. The van der Waals surface area contributed by atoms with Crippen LogP contribution >= 0.6 is 11.6 Å². The Balaban J connectivity index is 0.000000488. The minimum atomic E-state index is -4.74. The van der Waals surface area contributed by atoms with Crippen molar-refractivity contribution in [1.29, 1.82) is 0 Å². The van der Waals surface area contributed by atoms with Crippen LogP contribution in [0.4, 0.5) is 33.5 Å². The highest BCUT2D eigenvalue weighted by Crippen LogP contribution is 2.44. The van der Waals surface area contributed by atoms with Crippen molar-refractivity contribution in [2.45, 2.75) is 61.9 Å². The van der Waals surface area contributed by atoms with E-state index in [0.29, 0.717) is 56.2 Å². The summed E-state index contributed by atoms with van der Waals surface area (Å²) in [6.45, 7) is 2.74. The second kappa shape index (κ2) is 14.5. The lowest BCUT2D eigenvalue weighted by atomic mass is 9.82. The molecule has 242 valence electrons. The zero-order valence-electron chi connectivity index (χ0n) is 24.2. The normalized spacial score (nSPS) is 19.4. The fraction of sp³-hybridized carbons (Fsp3) is 0.552. The van der Waals surface area contributed by atoms with Gasteiger partial charge in [0.1, 0.15) is 22.0 Å². The molecular formula is C29H35ClF5N5O3S. The molecule has 3 fully saturated rings. The second-order valence-electron chi connectivity index (χ2n) is 10.9. The zero-order valence-corrected chi connectivity index (χ0v) is 25.8. The summed E-state index contributed by atoms with van der Waals surface area (Å²) in [5.74, 6) is -4.95. The number of pyridine rings is 1. The molecule has 2 aromatic rings. The molecule has 44 heavy (non-hydrogen) atoms. The van der Waals surface area contributed by atoms with E-state index < -0.39 is 34.9 Å². The first kappa shape index (κ1) is 34.0. The number of rotatable bonds is 6. The van der Waals surface area contributed by atoms with Gasteiger partial charge in [-0.1, -0.05) is 30.9 Å². The molecule has 15 heteroatoms. The van der Waals surface area contributed by atoms with Crippen LogP contribution in [0, 0.1) is 5.92 Å². The van der Waals surface area contributed by atoms with Crippen molar-refractivity contribution in [3.8, 4) is 0 Å². The van der Waals surface area contributed by atoms with E-state index in [4.69, 9.17) is 11.6 Å². The summed E-state index contributed by atoms with van der Waals surface area (Å²) in [7, 11) is -0.423. The molecule has 5 rings (SSSR count). The second-order valence-corrected chi connectivity index (χ2v) is 12.8. The van der Waals surface area contributed by atoms with E-state index in [0.717, 1.165) is 45.0 Å². The maximum atomic E-state index is 15.3. The lowest BCUT2D eigenvalue weighted by molar-refractivity contribution is -0.172. The Hall–Kier alpha value is -2.84. The highest BCUT2D eigenvalue weighted by molar-refractivity contribution is 7.82. The summed E-state index contributed by atoms with van der Waals surface area (Å²) in [6.07, 6.45) is 0.438. The number of nitrogens with one attached hydrogen (secondary N) is 1. The molecule has 1 unspecified atom stereocenters. The van der Waals surface area contributed by atoms with Gasteiger partial charge in [0.05, 0.1) is 4.90 Å². The van der Waals surface area contributed by atoms with Crippen molar-refractivity contribution in [3.63, 3.8) is 0 Å². The standard InChI is InChI=1S/C26H31ClF2N4O2S.C3H4F3NO/c27-23-17-20(26(28,29)19-5-2-1-3-6-19)18-24(30-23)31-13-15-32(16-14-31)36(35)22-10-8-21(9-11-22)33-12-4-7-25(33)34;1-7-2(8)3(4,5)6/h8-11,17-19H,1-7,12-16H2;1H3,(H,7,8). The Kier molecular flexibility index (Phi) is 11.2. The molecule has 3 heterocycles. The highest BCUT2D eigenvalue weighted by atomic mass is 35.5. The Morgan fingerprint density at radius 1 is 0.955 bits per heavy atom. The van der Waals surface area contributed by atoms with Gasteiger partial charge >= 0.3 is 12.1 Å². The molecule has 0 spiro atoms. The van der Waals surface area contributed by atoms with Crippen LogP contribution in [-0.2, 0) is 26.5 Å². The molecule has 1 aromatic carbocycles. The number of nitrogens with zero attached hydrogens (tertiary/aromatic N) is 4. The van der Waals surface area contributed by atoms with Crippen LogP contribution in [0.2, 0.25) is 5.15 Å². The van der Waals surface area contributed by atoms with E-state index in [9.17, 15) is 27.0 Å². The molecular weight excluding hydrogens is 629 g/mol. The molecule has 1 aromatic heterocycles. The molecule has 1 atom stereocenters. The van der Waals surface area contributed by atoms with Crippen molar-refractivity contribution in [2.75, 3.05) is 49.6 Å². The average Bonchev–Trinajstić information content (AvgIpc) is 3.46. The summed E-state index contributed by atoms with van der Waals surface area (Å²) >= 11 is 6.19. The summed E-state index contributed by atoms with van der Waals surface area (Å²) in [4.78, 5) is 30.3. The van der Waals surface area contributed by atoms with Crippen LogP contribution in [0.15, 0.2) is 41.3 Å². The van der Waals surface area contributed by atoms with Gasteiger partial charge in [0.25, 0.3) is 5.92 Å². The van der Waals surface area contributed by atoms with Crippen LogP contribution in [0.3, 0.4) is 0 Å². The summed E-state index contributed by atoms with van der Waals surface area (Å²) in [5, 5.41) is 1.51. The lowest BCUT2D eigenvalue weighted by Crippen LogP contribution is -2.47. The van der Waals surface area contributed by atoms with E-state index in [2.05, 4.69) is 4.98 Å². The third kappa shape index (κ3) is 8.25. The van der Waals surface area contributed by atoms with E-state index in [-0.39, 0.29) is 16.6 Å². The largest absolute Gasteiger partial charge is 0.471 e. The maximum Gasteiger partial charge on any atom is 0.471 e. The van der Waals surface area contributed by atoms with Gasteiger partial charge in [-0.25, -0.2) is 22.3 Å². The molecule has 2 amide bonds. The smallest absolute Gasteiger partial charge is 0.354 e. The third-order valence-corrected chi connectivity index (χ3v) is 9.69. The number of hydrogen-bond donors (Lipinski definition) is 1. The van der Waals surface area contributed by atoms with Crippen molar-refractivity contribution < 1.29 is 35.8 Å². The first-order chi connectivity index (χ1) is 20.8. The predicted molar refractivity (Wildman–Crippen MR) is 158 cm³/mol. The summed E-state index contributed by atoms with van der Waals surface area (Å²) in [6, 6.07) is 10.1. The van der Waals surface area contributed by atoms with Crippen molar-refractivity contribution in [1.82, 2.24) is 14.6 Å². The fourth-order valence-corrected chi connectivity index (χ4v) is 6.94. The molecule has 1 saturated carbocycles. The van der Waals surface area contributed by atoms with Gasteiger partial charge in [-0.15, -0.1) is 0 Å².